The van der Waals surface area contributed by atoms with E-state index in [1.165, 1.54) is 0 Å². The highest BCUT2D eigenvalue weighted by molar-refractivity contribution is 5.44. The molecule has 1 heterocycles. The summed E-state index contributed by atoms with van der Waals surface area (Å²) in [5.74, 6) is 0.180. The van der Waals surface area contributed by atoms with Crippen LogP contribution in [0.1, 0.15) is 26.5 Å². The molecule has 0 aromatic carbocycles. The molecule has 0 saturated carbocycles. The van der Waals surface area contributed by atoms with Crippen LogP contribution in [0.2, 0.25) is 0 Å². The van der Waals surface area contributed by atoms with E-state index in [4.69, 9.17) is 4.74 Å². The Hall–Kier alpha value is -1.57. The summed E-state index contributed by atoms with van der Waals surface area (Å²) in [4.78, 5) is 9.17. The minimum Gasteiger partial charge on any atom is -0.377 e. The van der Waals surface area contributed by atoms with Crippen molar-refractivity contribution in [3.05, 3.63) is 11.8 Å². The zero-order valence-electron chi connectivity index (χ0n) is 12.7. The molecule has 0 unspecified atom stereocenters. The van der Waals surface area contributed by atoms with Crippen LogP contribution >= 0.6 is 0 Å². The molecule has 0 spiro atoms. The van der Waals surface area contributed by atoms with Crippen LogP contribution in [0.25, 0.3) is 0 Å². The third kappa shape index (κ3) is 5.74. The molecular formula is C13H21F3N4O. The second-order valence-electron chi connectivity index (χ2n) is 4.80. The Balaban J connectivity index is 2.91. The van der Waals surface area contributed by atoms with E-state index in [1.807, 2.05) is 13.8 Å². The van der Waals surface area contributed by atoms with Crippen molar-refractivity contribution < 1.29 is 17.9 Å². The predicted molar refractivity (Wildman–Crippen MR) is 75.6 cm³/mol. The van der Waals surface area contributed by atoms with Crippen LogP contribution in [0.3, 0.4) is 0 Å². The summed E-state index contributed by atoms with van der Waals surface area (Å²) in [6.07, 6.45) is -4.43. The van der Waals surface area contributed by atoms with Gasteiger partial charge in [-0.3, -0.25) is 0 Å². The summed E-state index contributed by atoms with van der Waals surface area (Å²) >= 11 is 0. The quantitative estimate of drug-likeness (QED) is 0.839. The molecule has 0 saturated heterocycles. The van der Waals surface area contributed by atoms with Gasteiger partial charge in [-0.1, -0.05) is 0 Å². The molecular weight excluding hydrogens is 285 g/mol. The van der Waals surface area contributed by atoms with E-state index in [9.17, 15) is 13.2 Å². The fourth-order valence-corrected chi connectivity index (χ4v) is 1.55. The van der Waals surface area contributed by atoms with Crippen molar-refractivity contribution in [2.45, 2.75) is 33.1 Å². The van der Waals surface area contributed by atoms with E-state index in [2.05, 4.69) is 15.3 Å². The van der Waals surface area contributed by atoms with Crippen LogP contribution in [0, 0.1) is 0 Å². The normalized spacial score (nSPS) is 11.8. The summed E-state index contributed by atoms with van der Waals surface area (Å²) in [5, 5.41) is 2.71. The van der Waals surface area contributed by atoms with Gasteiger partial charge < -0.3 is 15.0 Å². The first kappa shape index (κ1) is 17.5. The molecule has 1 aromatic rings. The summed E-state index contributed by atoms with van der Waals surface area (Å²) < 4.78 is 43.9. The van der Waals surface area contributed by atoms with Gasteiger partial charge in [-0.15, -0.1) is 0 Å². The Morgan fingerprint density at radius 1 is 1.33 bits per heavy atom. The fraction of sp³-hybridized carbons (Fsp3) is 0.692. The standard InChI is InChI=1S/C13H21F3N4O/c1-5-17-12-18-10(13(14,15)16)8-11(19-12)20(4)6-7-21-9(2)3/h8-9H,5-7H2,1-4H3,(H,17,18,19). The molecule has 0 aliphatic carbocycles. The van der Waals surface area contributed by atoms with Crippen molar-refractivity contribution >= 4 is 11.8 Å². The first-order valence-corrected chi connectivity index (χ1v) is 6.77. The first-order valence-electron chi connectivity index (χ1n) is 6.77. The highest BCUT2D eigenvalue weighted by Crippen LogP contribution is 2.30. The molecule has 0 radical (unpaired) electrons. The lowest BCUT2D eigenvalue weighted by Crippen LogP contribution is -2.26. The van der Waals surface area contributed by atoms with Gasteiger partial charge in [0.1, 0.15) is 5.82 Å². The minimum atomic E-state index is -4.50. The molecule has 21 heavy (non-hydrogen) atoms. The van der Waals surface area contributed by atoms with Crippen LogP contribution in [0.4, 0.5) is 24.9 Å². The molecule has 0 fully saturated rings. The zero-order chi connectivity index (χ0) is 16.0. The number of halogens is 3. The maximum atomic E-state index is 12.8. The largest absolute Gasteiger partial charge is 0.433 e. The number of hydrogen-bond acceptors (Lipinski definition) is 5. The molecule has 0 aliphatic rings. The molecule has 0 atom stereocenters. The molecule has 0 amide bonds. The average Bonchev–Trinajstić information content (AvgIpc) is 2.37. The predicted octanol–water partition coefficient (Wildman–Crippen LogP) is 2.79. The number of hydrogen-bond donors (Lipinski definition) is 1. The van der Waals surface area contributed by atoms with Crippen LogP contribution in [0.5, 0.6) is 0 Å². The Morgan fingerprint density at radius 3 is 2.52 bits per heavy atom. The molecule has 1 rings (SSSR count). The maximum Gasteiger partial charge on any atom is 0.433 e. The number of ether oxygens (including phenoxy) is 1. The van der Waals surface area contributed by atoms with Gasteiger partial charge >= 0.3 is 6.18 Å². The second kappa shape index (κ2) is 7.44. The summed E-state index contributed by atoms with van der Waals surface area (Å²) in [6, 6.07) is 0.941. The number of nitrogens with zero attached hydrogens (tertiary/aromatic N) is 3. The molecule has 8 heteroatoms. The van der Waals surface area contributed by atoms with E-state index in [-0.39, 0.29) is 17.9 Å². The van der Waals surface area contributed by atoms with Crippen molar-refractivity contribution in [1.29, 1.82) is 0 Å². The van der Waals surface area contributed by atoms with Crippen molar-refractivity contribution in [1.82, 2.24) is 9.97 Å². The first-order chi connectivity index (χ1) is 9.74. The summed E-state index contributed by atoms with van der Waals surface area (Å²) in [7, 11) is 1.67. The molecule has 5 nitrogen and oxygen atoms in total. The van der Waals surface area contributed by atoms with Crippen molar-refractivity contribution in [3.63, 3.8) is 0 Å². The SMILES string of the molecule is CCNc1nc(N(C)CCOC(C)C)cc(C(F)(F)F)n1. The monoisotopic (exact) mass is 306 g/mol. The average molecular weight is 306 g/mol. The zero-order valence-corrected chi connectivity index (χ0v) is 12.7. The van der Waals surface area contributed by atoms with Crippen LogP contribution in [-0.2, 0) is 10.9 Å². The lowest BCUT2D eigenvalue weighted by molar-refractivity contribution is -0.141. The Morgan fingerprint density at radius 2 is 2.00 bits per heavy atom. The number of likely N-dealkylation sites (N-methyl/N-ethyl adjacent to an activating group) is 1. The molecule has 0 bridgehead atoms. The number of rotatable bonds is 7. The number of anilines is 2. The van der Waals surface area contributed by atoms with Crippen LogP contribution in [-0.4, -0.2) is 42.8 Å². The van der Waals surface area contributed by atoms with Gasteiger partial charge in [0.2, 0.25) is 5.95 Å². The lowest BCUT2D eigenvalue weighted by Gasteiger charge is -2.20. The summed E-state index contributed by atoms with van der Waals surface area (Å²) in [6.45, 7) is 6.87. The van der Waals surface area contributed by atoms with Crippen LogP contribution in [0.15, 0.2) is 6.07 Å². The number of aromatic nitrogens is 2. The highest BCUT2D eigenvalue weighted by Gasteiger charge is 2.34. The number of alkyl halides is 3. The van der Waals surface area contributed by atoms with Gasteiger partial charge in [-0.2, -0.15) is 18.2 Å². The maximum absolute atomic E-state index is 12.8. The van der Waals surface area contributed by atoms with Gasteiger partial charge in [-0.05, 0) is 20.8 Å². The van der Waals surface area contributed by atoms with Gasteiger partial charge in [0.15, 0.2) is 5.69 Å². The lowest BCUT2D eigenvalue weighted by atomic mass is 10.3. The third-order valence-corrected chi connectivity index (χ3v) is 2.61. The Labute approximate surface area is 122 Å². The molecule has 1 aromatic heterocycles. The highest BCUT2D eigenvalue weighted by atomic mass is 19.4. The Bertz CT molecular complexity index is 452. The second-order valence-corrected chi connectivity index (χ2v) is 4.80. The number of nitrogens with one attached hydrogen (secondary N) is 1. The minimum absolute atomic E-state index is 0.0287. The van der Waals surface area contributed by atoms with E-state index in [0.29, 0.717) is 19.7 Å². The van der Waals surface area contributed by atoms with Gasteiger partial charge in [0.05, 0.1) is 12.7 Å². The van der Waals surface area contributed by atoms with Crippen LogP contribution < -0.4 is 10.2 Å². The van der Waals surface area contributed by atoms with Crippen molar-refractivity contribution in [2.75, 3.05) is 37.0 Å². The van der Waals surface area contributed by atoms with E-state index >= 15 is 0 Å². The smallest absolute Gasteiger partial charge is 0.377 e. The van der Waals surface area contributed by atoms with E-state index in [1.54, 1.807) is 18.9 Å². The summed E-state index contributed by atoms with van der Waals surface area (Å²) in [5.41, 5.74) is -0.958. The molecule has 1 N–H and O–H groups in total. The van der Waals surface area contributed by atoms with E-state index in [0.717, 1.165) is 6.07 Å². The molecule has 120 valence electrons. The van der Waals surface area contributed by atoms with E-state index < -0.39 is 11.9 Å². The van der Waals surface area contributed by atoms with Gasteiger partial charge in [0, 0.05) is 26.2 Å². The third-order valence-electron chi connectivity index (χ3n) is 2.61. The van der Waals surface area contributed by atoms with Crippen molar-refractivity contribution in [3.8, 4) is 0 Å². The van der Waals surface area contributed by atoms with Gasteiger partial charge in [0.25, 0.3) is 0 Å². The topological polar surface area (TPSA) is 50.3 Å². The van der Waals surface area contributed by atoms with Crippen molar-refractivity contribution in [2.24, 2.45) is 0 Å². The Kier molecular flexibility index (Phi) is 6.19. The molecule has 0 aliphatic heterocycles. The van der Waals surface area contributed by atoms with Gasteiger partial charge in [-0.25, -0.2) is 4.98 Å². The fourth-order valence-electron chi connectivity index (χ4n) is 1.55.